The van der Waals surface area contributed by atoms with Crippen LogP contribution in [0.4, 0.5) is 0 Å². The van der Waals surface area contributed by atoms with Gasteiger partial charge in [-0.25, -0.2) is 4.79 Å². The van der Waals surface area contributed by atoms with E-state index in [0.717, 1.165) is 32.5 Å². The van der Waals surface area contributed by atoms with Gasteiger partial charge in [0.2, 0.25) is 0 Å². The van der Waals surface area contributed by atoms with Crippen LogP contribution in [0.1, 0.15) is 48.7 Å². The summed E-state index contributed by atoms with van der Waals surface area (Å²) in [6.07, 6.45) is 4.02. The van der Waals surface area contributed by atoms with Crippen LogP contribution in [-0.2, 0) is 6.54 Å². The number of aliphatic hydroxyl groups excluding tert-OH is 1. The topological polar surface area (TPSA) is 107 Å². The van der Waals surface area contributed by atoms with Gasteiger partial charge in [-0.05, 0) is 56.5 Å². The summed E-state index contributed by atoms with van der Waals surface area (Å²) in [7, 11) is 0. The van der Waals surface area contributed by atoms with E-state index >= 15 is 0 Å². The van der Waals surface area contributed by atoms with Gasteiger partial charge < -0.3 is 14.8 Å². The van der Waals surface area contributed by atoms with Crippen LogP contribution in [0.5, 0.6) is 0 Å². The first-order valence-electron chi connectivity index (χ1n) is 11.0. The number of carboxylic acids is 1. The number of carboxylic acid groups (broad SMARTS) is 1. The number of para-hydroxylation sites is 1. The Morgan fingerprint density at radius 2 is 1.94 bits per heavy atom. The molecule has 8 heteroatoms. The highest BCUT2D eigenvalue weighted by Crippen LogP contribution is 2.26. The first-order chi connectivity index (χ1) is 15.4. The Bertz CT molecular complexity index is 1200. The van der Waals surface area contributed by atoms with E-state index in [4.69, 9.17) is 5.11 Å². The number of benzene rings is 2. The van der Waals surface area contributed by atoms with E-state index in [1.807, 2.05) is 0 Å². The molecule has 168 valence electrons. The minimum Gasteiger partial charge on any atom is -0.478 e. The lowest BCUT2D eigenvalue weighted by molar-refractivity contribution is 0.0697. The Hall–Kier alpha value is -3.23. The summed E-state index contributed by atoms with van der Waals surface area (Å²) in [6, 6.07) is 13.8. The predicted octanol–water partition coefficient (Wildman–Crippen LogP) is 3.84. The first-order valence-corrected chi connectivity index (χ1v) is 11.0. The summed E-state index contributed by atoms with van der Waals surface area (Å²) in [5.74, 6) is -0.952. The molecule has 1 fully saturated rings. The van der Waals surface area contributed by atoms with E-state index in [0.29, 0.717) is 17.1 Å². The standard InChI is InChI=1S/C17H24N2O.C7H5N3O2/c1-13(2)19-12-14(16-5-3-4-6-17(16)19)11-18-9-7-15(20)8-10-18;11-7(12)4-1-2-5-6(3-4)9-10-8-5/h3-6,12-13,15,20H,7-11H2,1-2H3;1-3H,(H,11,12)(H,8,9,10). The molecule has 0 radical (unpaired) electrons. The summed E-state index contributed by atoms with van der Waals surface area (Å²) in [6.45, 7) is 7.46. The molecule has 32 heavy (non-hydrogen) atoms. The molecule has 1 aliphatic heterocycles. The third-order valence-corrected chi connectivity index (χ3v) is 5.90. The van der Waals surface area contributed by atoms with Crippen molar-refractivity contribution >= 4 is 27.9 Å². The minimum absolute atomic E-state index is 0.0942. The summed E-state index contributed by atoms with van der Waals surface area (Å²) < 4.78 is 2.36. The Morgan fingerprint density at radius 3 is 2.66 bits per heavy atom. The number of aromatic amines is 1. The molecule has 2 aromatic heterocycles. The first kappa shape index (κ1) is 22.0. The number of nitrogens with zero attached hydrogens (tertiary/aromatic N) is 4. The zero-order valence-electron chi connectivity index (χ0n) is 18.4. The molecule has 4 aromatic rings. The van der Waals surface area contributed by atoms with Gasteiger partial charge in [0.1, 0.15) is 5.52 Å². The van der Waals surface area contributed by atoms with Gasteiger partial charge in [-0.15, -0.1) is 5.10 Å². The van der Waals surface area contributed by atoms with Gasteiger partial charge in [-0.1, -0.05) is 23.4 Å². The molecular formula is C24H29N5O3. The largest absolute Gasteiger partial charge is 0.478 e. The molecule has 0 bridgehead atoms. The van der Waals surface area contributed by atoms with Crippen molar-refractivity contribution in [2.75, 3.05) is 13.1 Å². The fourth-order valence-corrected chi connectivity index (χ4v) is 4.13. The lowest BCUT2D eigenvalue weighted by Crippen LogP contribution is -2.35. The fourth-order valence-electron chi connectivity index (χ4n) is 4.13. The van der Waals surface area contributed by atoms with E-state index in [1.165, 1.54) is 28.6 Å². The minimum atomic E-state index is -0.952. The van der Waals surface area contributed by atoms with Crippen LogP contribution in [-0.4, -0.2) is 60.3 Å². The number of piperidine rings is 1. The molecule has 8 nitrogen and oxygen atoms in total. The van der Waals surface area contributed by atoms with Gasteiger partial charge in [-0.2, -0.15) is 0 Å². The van der Waals surface area contributed by atoms with Gasteiger partial charge in [0, 0.05) is 42.8 Å². The molecule has 0 unspecified atom stereocenters. The number of fused-ring (bicyclic) bond motifs is 2. The van der Waals surface area contributed by atoms with Crippen molar-refractivity contribution in [3.05, 3.63) is 59.8 Å². The number of likely N-dealkylation sites (tertiary alicyclic amines) is 1. The number of nitrogens with one attached hydrogen (secondary N) is 1. The Labute approximate surface area is 186 Å². The number of hydrogen-bond acceptors (Lipinski definition) is 5. The van der Waals surface area contributed by atoms with Gasteiger partial charge in [0.15, 0.2) is 0 Å². The number of H-pyrrole nitrogens is 1. The molecule has 2 aromatic carbocycles. The molecule has 3 N–H and O–H groups in total. The molecule has 1 saturated heterocycles. The Balaban J connectivity index is 0.000000174. The number of aromatic nitrogens is 4. The van der Waals surface area contributed by atoms with Crippen molar-refractivity contribution in [2.45, 2.75) is 45.4 Å². The van der Waals surface area contributed by atoms with E-state index in [-0.39, 0.29) is 11.7 Å². The summed E-state index contributed by atoms with van der Waals surface area (Å²) >= 11 is 0. The summed E-state index contributed by atoms with van der Waals surface area (Å²) in [5, 5.41) is 29.5. The average molecular weight is 436 g/mol. The van der Waals surface area contributed by atoms with Crippen LogP contribution < -0.4 is 0 Å². The van der Waals surface area contributed by atoms with Crippen molar-refractivity contribution in [1.29, 1.82) is 0 Å². The van der Waals surface area contributed by atoms with Crippen molar-refractivity contribution in [2.24, 2.45) is 0 Å². The predicted molar refractivity (Wildman–Crippen MR) is 124 cm³/mol. The Kier molecular flexibility index (Phi) is 6.53. The van der Waals surface area contributed by atoms with Crippen molar-refractivity contribution in [3.8, 4) is 0 Å². The quantitative estimate of drug-likeness (QED) is 0.450. The highest BCUT2D eigenvalue weighted by molar-refractivity contribution is 5.92. The van der Waals surface area contributed by atoms with Crippen molar-refractivity contribution in [1.82, 2.24) is 24.9 Å². The maximum absolute atomic E-state index is 10.5. The molecule has 0 aliphatic carbocycles. The van der Waals surface area contributed by atoms with E-state index in [1.54, 1.807) is 6.07 Å². The lowest BCUT2D eigenvalue weighted by Gasteiger charge is -2.29. The van der Waals surface area contributed by atoms with E-state index in [9.17, 15) is 9.90 Å². The third-order valence-electron chi connectivity index (χ3n) is 5.90. The highest BCUT2D eigenvalue weighted by atomic mass is 16.4. The van der Waals surface area contributed by atoms with Crippen LogP contribution in [0.2, 0.25) is 0 Å². The fraction of sp³-hybridized carbons (Fsp3) is 0.375. The third kappa shape index (κ3) is 4.81. The number of hydrogen-bond donors (Lipinski definition) is 3. The molecule has 5 rings (SSSR count). The molecule has 0 saturated carbocycles. The van der Waals surface area contributed by atoms with E-state index in [2.05, 4.69) is 69.2 Å². The maximum Gasteiger partial charge on any atom is 0.335 e. The SMILES string of the molecule is CC(C)n1cc(CN2CCC(O)CC2)c2ccccc21.O=C(O)c1ccc2nn[nH]c2c1. The zero-order chi connectivity index (χ0) is 22.7. The summed E-state index contributed by atoms with van der Waals surface area (Å²) in [5.41, 5.74) is 4.27. The van der Waals surface area contributed by atoms with Gasteiger partial charge in [0.05, 0.1) is 17.2 Å². The lowest BCUT2D eigenvalue weighted by atomic mass is 10.1. The number of carbonyl (C=O) groups is 1. The van der Waals surface area contributed by atoms with Crippen molar-refractivity contribution in [3.63, 3.8) is 0 Å². The average Bonchev–Trinajstić information content (AvgIpc) is 3.40. The maximum atomic E-state index is 10.5. The molecular weight excluding hydrogens is 406 g/mol. The smallest absolute Gasteiger partial charge is 0.335 e. The normalized spacial score (nSPS) is 15.2. The number of aromatic carboxylic acids is 1. The van der Waals surface area contributed by atoms with E-state index < -0.39 is 5.97 Å². The van der Waals surface area contributed by atoms with Crippen LogP contribution in [0.15, 0.2) is 48.7 Å². The van der Waals surface area contributed by atoms with Crippen LogP contribution >= 0.6 is 0 Å². The van der Waals surface area contributed by atoms with Crippen LogP contribution in [0.25, 0.3) is 21.9 Å². The second-order valence-corrected chi connectivity index (χ2v) is 8.53. The van der Waals surface area contributed by atoms with Gasteiger partial charge in [0.25, 0.3) is 0 Å². The van der Waals surface area contributed by atoms with Crippen LogP contribution in [0, 0.1) is 0 Å². The van der Waals surface area contributed by atoms with Crippen molar-refractivity contribution < 1.29 is 15.0 Å². The summed E-state index contributed by atoms with van der Waals surface area (Å²) in [4.78, 5) is 13.0. The molecule has 0 amide bonds. The molecule has 3 heterocycles. The van der Waals surface area contributed by atoms with Gasteiger partial charge in [-0.3, -0.25) is 10.00 Å². The molecule has 1 aliphatic rings. The molecule has 0 spiro atoms. The molecule has 0 atom stereocenters. The zero-order valence-corrected chi connectivity index (χ0v) is 18.4. The van der Waals surface area contributed by atoms with Gasteiger partial charge >= 0.3 is 5.97 Å². The number of aliphatic hydroxyl groups is 1. The number of rotatable bonds is 4. The Morgan fingerprint density at radius 1 is 1.19 bits per heavy atom. The second kappa shape index (κ2) is 9.50. The van der Waals surface area contributed by atoms with Crippen LogP contribution in [0.3, 0.4) is 0 Å². The monoisotopic (exact) mass is 435 g/mol. The highest BCUT2D eigenvalue weighted by Gasteiger charge is 2.19. The second-order valence-electron chi connectivity index (χ2n) is 8.53.